The van der Waals surface area contributed by atoms with Gasteiger partial charge in [-0.15, -0.1) is 0 Å². The Morgan fingerprint density at radius 3 is 2.21 bits per heavy atom. The maximum absolute atomic E-state index is 12.3. The molecule has 7 heteroatoms. The van der Waals surface area contributed by atoms with E-state index in [2.05, 4.69) is 29.6 Å². The lowest BCUT2D eigenvalue weighted by molar-refractivity contribution is -0.120. The molecule has 0 atom stereocenters. The molecule has 1 saturated carbocycles. The Kier molecular flexibility index (Phi) is 8.11. The van der Waals surface area contributed by atoms with Crippen LogP contribution in [0.5, 0.6) is 11.5 Å². The van der Waals surface area contributed by atoms with Crippen molar-refractivity contribution in [3.8, 4) is 11.5 Å². The van der Waals surface area contributed by atoms with Crippen LogP contribution in [0.3, 0.4) is 0 Å². The maximum atomic E-state index is 12.3. The van der Waals surface area contributed by atoms with Gasteiger partial charge in [-0.3, -0.25) is 9.59 Å². The first-order chi connectivity index (χ1) is 13.4. The molecule has 28 heavy (non-hydrogen) atoms. The van der Waals surface area contributed by atoms with E-state index in [1.54, 1.807) is 18.2 Å². The molecule has 1 aromatic rings. The Labute approximate surface area is 167 Å². The minimum absolute atomic E-state index is 0.000478. The molecule has 0 spiro atoms. The molecule has 0 aliphatic heterocycles. The second-order valence-corrected chi connectivity index (χ2v) is 7.56. The largest absolute Gasteiger partial charge is 0.493 e. The average Bonchev–Trinajstić information content (AvgIpc) is 2.96. The average molecular weight is 392 g/mol. The highest BCUT2D eigenvalue weighted by atomic mass is 16.5. The Morgan fingerprint density at radius 1 is 1.00 bits per heavy atom. The molecule has 1 fully saturated rings. The normalized spacial score (nSPS) is 16.2. The lowest BCUT2D eigenvalue weighted by Crippen LogP contribution is -2.53. The Morgan fingerprint density at radius 2 is 1.64 bits per heavy atom. The van der Waals surface area contributed by atoms with E-state index in [0.717, 1.165) is 12.8 Å². The quantitative estimate of drug-likeness (QED) is 0.664. The van der Waals surface area contributed by atoms with Crippen molar-refractivity contribution in [2.45, 2.75) is 44.1 Å². The van der Waals surface area contributed by atoms with Crippen LogP contribution in [0.25, 0.3) is 0 Å². The first-order valence-corrected chi connectivity index (χ1v) is 9.86. The summed E-state index contributed by atoms with van der Waals surface area (Å²) in [6, 6.07) is 4.90. The van der Waals surface area contributed by atoms with Gasteiger partial charge >= 0.3 is 0 Å². The van der Waals surface area contributed by atoms with E-state index in [4.69, 9.17) is 9.47 Å². The van der Waals surface area contributed by atoms with Crippen molar-refractivity contribution in [1.29, 1.82) is 0 Å². The number of amides is 2. The number of rotatable bonds is 8. The van der Waals surface area contributed by atoms with Gasteiger partial charge in [0.1, 0.15) is 0 Å². The lowest BCUT2D eigenvalue weighted by Gasteiger charge is -2.39. The van der Waals surface area contributed by atoms with Gasteiger partial charge in [0.15, 0.2) is 11.5 Å². The van der Waals surface area contributed by atoms with Crippen LogP contribution in [-0.2, 0) is 4.79 Å². The summed E-state index contributed by atoms with van der Waals surface area (Å²) >= 11 is 0. The van der Waals surface area contributed by atoms with Gasteiger partial charge in [0.2, 0.25) is 5.91 Å². The van der Waals surface area contributed by atoms with E-state index in [0.29, 0.717) is 23.6 Å². The summed E-state index contributed by atoms with van der Waals surface area (Å²) in [7, 11) is 7.21. The number of nitrogens with zero attached hydrogens (tertiary/aromatic N) is 1. The molecule has 2 rings (SSSR count). The van der Waals surface area contributed by atoms with Gasteiger partial charge < -0.3 is 25.0 Å². The molecular formula is C21H33N3O4. The van der Waals surface area contributed by atoms with Crippen LogP contribution < -0.4 is 20.1 Å². The molecule has 0 bridgehead atoms. The monoisotopic (exact) mass is 391 g/mol. The Hall–Kier alpha value is -2.28. The zero-order valence-corrected chi connectivity index (χ0v) is 17.5. The molecule has 0 unspecified atom stereocenters. The van der Waals surface area contributed by atoms with Gasteiger partial charge in [-0.2, -0.15) is 0 Å². The zero-order valence-electron chi connectivity index (χ0n) is 17.5. The third kappa shape index (κ3) is 5.61. The summed E-state index contributed by atoms with van der Waals surface area (Å²) in [6.45, 7) is 0.543. The molecule has 1 aliphatic carbocycles. The molecule has 0 saturated heterocycles. The third-order valence-corrected chi connectivity index (χ3v) is 5.65. The minimum Gasteiger partial charge on any atom is -0.493 e. The summed E-state index contributed by atoms with van der Waals surface area (Å²) in [5, 5.41) is 5.68. The molecule has 1 aliphatic rings. The fraction of sp³-hybridized carbons (Fsp3) is 0.619. The standard InChI is InChI=1S/C21H33N3O4/c1-24(2)21(11-7-5-6-8-12-21)15-23-19(25)14-22-20(26)16-9-10-17(27-3)18(13-16)28-4/h9-10,13H,5-8,11-12,14-15H2,1-4H3,(H,22,26)(H,23,25). The molecule has 1 aromatic carbocycles. The molecule has 2 N–H and O–H groups in total. The van der Waals surface area contributed by atoms with Gasteiger partial charge in [0.25, 0.3) is 5.91 Å². The van der Waals surface area contributed by atoms with Crippen LogP contribution in [0, 0.1) is 0 Å². The van der Waals surface area contributed by atoms with Crippen LogP contribution in [0.1, 0.15) is 48.9 Å². The number of hydrogen-bond donors (Lipinski definition) is 2. The van der Waals surface area contributed by atoms with Crippen LogP contribution in [0.15, 0.2) is 18.2 Å². The van der Waals surface area contributed by atoms with Crippen molar-refractivity contribution >= 4 is 11.8 Å². The van der Waals surface area contributed by atoms with Gasteiger partial charge in [-0.25, -0.2) is 0 Å². The molecule has 0 heterocycles. The fourth-order valence-corrected chi connectivity index (χ4v) is 3.73. The second-order valence-electron chi connectivity index (χ2n) is 7.56. The number of benzene rings is 1. The van der Waals surface area contributed by atoms with Crippen molar-refractivity contribution in [3.63, 3.8) is 0 Å². The summed E-state index contributed by atoms with van der Waals surface area (Å²) in [4.78, 5) is 26.9. The van der Waals surface area contributed by atoms with Gasteiger partial charge in [-0.1, -0.05) is 25.7 Å². The SMILES string of the molecule is COc1ccc(C(=O)NCC(=O)NCC2(N(C)C)CCCCCC2)cc1OC. The predicted molar refractivity (Wildman–Crippen MR) is 109 cm³/mol. The summed E-state index contributed by atoms with van der Waals surface area (Å²) in [5.41, 5.74) is 0.415. The first kappa shape index (κ1) is 22.0. The van der Waals surface area contributed by atoms with E-state index < -0.39 is 0 Å². The van der Waals surface area contributed by atoms with Gasteiger partial charge in [0.05, 0.1) is 20.8 Å². The predicted octanol–water partition coefficient (Wildman–Crippen LogP) is 2.20. The van der Waals surface area contributed by atoms with Crippen LogP contribution in [0.2, 0.25) is 0 Å². The lowest BCUT2D eigenvalue weighted by atomic mass is 9.88. The van der Waals surface area contributed by atoms with Gasteiger partial charge in [0, 0.05) is 17.6 Å². The molecule has 2 amide bonds. The van der Waals surface area contributed by atoms with E-state index in [-0.39, 0.29) is 23.9 Å². The zero-order chi connectivity index (χ0) is 20.6. The number of ether oxygens (including phenoxy) is 2. The molecule has 7 nitrogen and oxygen atoms in total. The summed E-state index contributed by atoms with van der Waals surface area (Å²) < 4.78 is 10.4. The highest BCUT2D eigenvalue weighted by molar-refractivity contribution is 5.97. The molecule has 156 valence electrons. The van der Waals surface area contributed by atoms with Gasteiger partial charge in [-0.05, 0) is 45.1 Å². The van der Waals surface area contributed by atoms with Crippen molar-refractivity contribution < 1.29 is 19.1 Å². The molecule has 0 radical (unpaired) electrons. The summed E-state index contributed by atoms with van der Waals surface area (Å²) in [5.74, 6) is 0.516. The number of methoxy groups -OCH3 is 2. The minimum atomic E-state index is -0.326. The molecule has 0 aromatic heterocycles. The van der Waals surface area contributed by atoms with Crippen molar-refractivity contribution in [2.75, 3.05) is 41.4 Å². The van der Waals surface area contributed by atoms with E-state index in [1.165, 1.54) is 39.9 Å². The highest BCUT2D eigenvalue weighted by Gasteiger charge is 2.33. The number of nitrogens with one attached hydrogen (secondary N) is 2. The topological polar surface area (TPSA) is 79.9 Å². The summed E-state index contributed by atoms with van der Waals surface area (Å²) in [6.07, 6.45) is 7.04. The Bertz CT molecular complexity index is 668. The Balaban J connectivity index is 1.88. The first-order valence-electron chi connectivity index (χ1n) is 9.86. The van der Waals surface area contributed by atoms with Crippen molar-refractivity contribution in [1.82, 2.24) is 15.5 Å². The van der Waals surface area contributed by atoms with Crippen LogP contribution >= 0.6 is 0 Å². The van der Waals surface area contributed by atoms with Crippen LogP contribution in [-0.4, -0.2) is 63.7 Å². The number of carbonyl (C=O) groups is 2. The molecular weight excluding hydrogens is 358 g/mol. The van der Waals surface area contributed by atoms with E-state index >= 15 is 0 Å². The second kappa shape index (κ2) is 10.3. The fourth-order valence-electron chi connectivity index (χ4n) is 3.73. The third-order valence-electron chi connectivity index (χ3n) is 5.65. The van der Waals surface area contributed by atoms with E-state index in [9.17, 15) is 9.59 Å². The van der Waals surface area contributed by atoms with Crippen molar-refractivity contribution in [3.05, 3.63) is 23.8 Å². The highest BCUT2D eigenvalue weighted by Crippen LogP contribution is 2.30. The smallest absolute Gasteiger partial charge is 0.251 e. The van der Waals surface area contributed by atoms with E-state index in [1.807, 2.05) is 0 Å². The number of likely N-dealkylation sites (N-methyl/N-ethyl adjacent to an activating group) is 1. The maximum Gasteiger partial charge on any atom is 0.251 e. The van der Waals surface area contributed by atoms with Crippen LogP contribution in [0.4, 0.5) is 0 Å². The van der Waals surface area contributed by atoms with Crippen molar-refractivity contribution in [2.24, 2.45) is 0 Å². The number of hydrogen-bond acceptors (Lipinski definition) is 5. The number of carbonyl (C=O) groups excluding carboxylic acids is 2.